The second-order valence-electron chi connectivity index (χ2n) is 5.36. The Morgan fingerprint density at radius 1 is 1.40 bits per heavy atom. The molecule has 0 radical (unpaired) electrons. The molecule has 0 amide bonds. The van der Waals surface area contributed by atoms with Crippen molar-refractivity contribution in [1.82, 2.24) is 9.88 Å². The molecule has 4 nitrogen and oxygen atoms in total. The maximum Gasteiger partial charge on any atom is 0.166 e. The number of rotatable bonds is 3. The standard InChI is InChI=1S/C13H18BrFN4S/c1-13(2,12(16)20)19-5-3-18(4-6-19)11-10(15)7-9(14)8-17-11/h7-8H,3-6H2,1-2H3,(H2,16,20). The van der Waals surface area contributed by atoms with Gasteiger partial charge in [-0.25, -0.2) is 9.37 Å². The molecule has 0 atom stereocenters. The van der Waals surface area contributed by atoms with Crippen LogP contribution in [0.3, 0.4) is 0 Å². The lowest BCUT2D eigenvalue weighted by molar-refractivity contribution is 0.167. The van der Waals surface area contributed by atoms with Crippen LogP contribution in [0, 0.1) is 5.82 Å². The normalized spacial score (nSPS) is 17.3. The molecule has 2 heterocycles. The SMILES string of the molecule is CC(C)(C(N)=S)N1CCN(c2ncc(Br)cc2F)CC1. The van der Waals surface area contributed by atoms with Gasteiger partial charge < -0.3 is 10.6 Å². The number of nitrogens with zero attached hydrogens (tertiary/aromatic N) is 3. The van der Waals surface area contributed by atoms with Crippen LogP contribution in [0.15, 0.2) is 16.7 Å². The van der Waals surface area contributed by atoms with E-state index in [0.717, 1.165) is 13.1 Å². The number of anilines is 1. The Morgan fingerprint density at radius 3 is 2.50 bits per heavy atom. The van der Waals surface area contributed by atoms with Crippen LogP contribution >= 0.6 is 28.1 Å². The van der Waals surface area contributed by atoms with Gasteiger partial charge >= 0.3 is 0 Å². The lowest BCUT2D eigenvalue weighted by Gasteiger charge is -2.43. The van der Waals surface area contributed by atoms with E-state index in [-0.39, 0.29) is 11.4 Å². The fraction of sp³-hybridized carbons (Fsp3) is 0.538. The van der Waals surface area contributed by atoms with E-state index < -0.39 is 0 Å². The molecule has 0 bridgehead atoms. The van der Waals surface area contributed by atoms with Crippen LogP contribution in [0.2, 0.25) is 0 Å². The van der Waals surface area contributed by atoms with Crippen molar-refractivity contribution in [2.45, 2.75) is 19.4 Å². The molecule has 20 heavy (non-hydrogen) atoms. The van der Waals surface area contributed by atoms with Crippen molar-refractivity contribution in [1.29, 1.82) is 0 Å². The largest absolute Gasteiger partial charge is 0.392 e. The van der Waals surface area contributed by atoms with E-state index in [4.69, 9.17) is 18.0 Å². The van der Waals surface area contributed by atoms with Gasteiger partial charge in [-0.2, -0.15) is 0 Å². The second kappa shape index (κ2) is 5.91. The third kappa shape index (κ3) is 3.10. The van der Waals surface area contributed by atoms with E-state index in [1.165, 1.54) is 6.07 Å². The van der Waals surface area contributed by atoms with Crippen molar-refractivity contribution in [3.63, 3.8) is 0 Å². The third-order valence-electron chi connectivity index (χ3n) is 3.76. The molecule has 2 N–H and O–H groups in total. The van der Waals surface area contributed by atoms with Crippen molar-refractivity contribution in [2.75, 3.05) is 31.1 Å². The van der Waals surface area contributed by atoms with Crippen LogP contribution in [0.5, 0.6) is 0 Å². The third-order valence-corrected chi connectivity index (χ3v) is 4.69. The van der Waals surface area contributed by atoms with Crippen LogP contribution in [0.4, 0.5) is 10.2 Å². The summed E-state index contributed by atoms with van der Waals surface area (Å²) in [5, 5.41) is 0. The Balaban J connectivity index is 2.06. The van der Waals surface area contributed by atoms with Gasteiger partial charge in [0.25, 0.3) is 0 Å². The average Bonchev–Trinajstić information content (AvgIpc) is 2.38. The highest BCUT2D eigenvalue weighted by molar-refractivity contribution is 9.10. The van der Waals surface area contributed by atoms with Crippen LogP contribution < -0.4 is 10.6 Å². The summed E-state index contributed by atoms with van der Waals surface area (Å²) in [5.41, 5.74) is 5.47. The number of halogens is 2. The Bertz CT molecular complexity index is 515. The van der Waals surface area contributed by atoms with Crippen molar-refractivity contribution in [3.05, 3.63) is 22.6 Å². The Hall–Kier alpha value is -0.790. The van der Waals surface area contributed by atoms with E-state index in [1.807, 2.05) is 18.7 Å². The van der Waals surface area contributed by atoms with Crippen molar-refractivity contribution >= 4 is 39.0 Å². The summed E-state index contributed by atoms with van der Waals surface area (Å²) < 4.78 is 14.6. The molecule has 1 aromatic heterocycles. The summed E-state index contributed by atoms with van der Waals surface area (Å²) in [6.07, 6.45) is 1.61. The second-order valence-corrected chi connectivity index (χ2v) is 6.71. The van der Waals surface area contributed by atoms with Crippen molar-refractivity contribution in [2.24, 2.45) is 5.73 Å². The predicted molar refractivity (Wildman–Crippen MR) is 86.5 cm³/mol. The number of pyridine rings is 1. The number of hydrogen-bond donors (Lipinski definition) is 1. The minimum absolute atomic E-state index is 0.304. The minimum atomic E-state index is -0.312. The highest BCUT2D eigenvalue weighted by Crippen LogP contribution is 2.23. The first-order valence-corrected chi connectivity index (χ1v) is 7.63. The monoisotopic (exact) mass is 360 g/mol. The summed E-state index contributed by atoms with van der Waals surface area (Å²) in [6, 6.07) is 1.44. The molecule has 1 saturated heterocycles. The first-order chi connectivity index (χ1) is 9.32. The van der Waals surface area contributed by atoms with Gasteiger partial charge in [0.15, 0.2) is 11.6 Å². The van der Waals surface area contributed by atoms with Crippen molar-refractivity contribution < 1.29 is 4.39 Å². The minimum Gasteiger partial charge on any atom is -0.392 e. The van der Waals surface area contributed by atoms with Gasteiger partial charge in [-0.15, -0.1) is 0 Å². The number of thiocarbonyl (C=S) groups is 1. The Kier molecular flexibility index (Phi) is 4.61. The van der Waals surface area contributed by atoms with E-state index >= 15 is 0 Å². The topological polar surface area (TPSA) is 45.4 Å². The summed E-state index contributed by atoms with van der Waals surface area (Å²) in [5.74, 6) is 0.0995. The molecule has 1 aromatic rings. The molecule has 1 aliphatic heterocycles. The quantitative estimate of drug-likeness (QED) is 0.837. The number of piperazine rings is 1. The van der Waals surface area contributed by atoms with Crippen molar-refractivity contribution in [3.8, 4) is 0 Å². The molecule has 7 heteroatoms. The van der Waals surface area contributed by atoms with Crippen LogP contribution in [-0.2, 0) is 0 Å². The summed E-state index contributed by atoms with van der Waals surface area (Å²) in [4.78, 5) is 8.82. The van der Waals surface area contributed by atoms with Crippen LogP contribution in [0.1, 0.15) is 13.8 Å². The van der Waals surface area contributed by atoms with Crippen LogP contribution in [0.25, 0.3) is 0 Å². The molecular weight excluding hydrogens is 343 g/mol. The van der Waals surface area contributed by atoms with Gasteiger partial charge in [0.1, 0.15) is 0 Å². The van der Waals surface area contributed by atoms with Gasteiger partial charge in [0.05, 0.1) is 10.5 Å². The molecule has 1 aliphatic rings. The molecule has 0 unspecified atom stereocenters. The molecular formula is C13H18BrFN4S. The zero-order valence-corrected chi connectivity index (χ0v) is 14.0. The van der Waals surface area contributed by atoms with Gasteiger partial charge in [0.2, 0.25) is 0 Å². The number of nitrogens with two attached hydrogens (primary N) is 1. The maximum atomic E-state index is 13.9. The maximum absolute atomic E-state index is 13.9. The average molecular weight is 361 g/mol. The summed E-state index contributed by atoms with van der Waals surface area (Å²) >= 11 is 8.33. The Labute approximate surface area is 132 Å². The molecule has 0 spiro atoms. The lowest BCUT2D eigenvalue weighted by Crippen LogP contribution is -2.59. The zero-order chi connectivity index (χ0) is 14.9. The molecule has 110 valence electrons. The van der Waals surface area contributed by atoms with E-state index in [9.17, 15) is 4.39 Å². The smallest absolute Gasteiger partial charge is 0.166 e. The fourth-order valence-corrected chi connectivity index (χ4v) is 2.71. The Morgan fingerprint density at radius 2 is 2.00 bits per heavy atom. The first-order valence-electron chi connectivity index (χ1n) is 6.43. The predicted octanol–water partition coefficient (Wildman–Crippen LogP) is 2.17. The first kappa shape index (κ1) is 15.6. The van der Waals surface area contributed by atoms with Gasteiger partial charge in [0, 0.05) is 36.8 Å². The van der Waals surface area contributed by atoms with E-state index in [1.54, 1.807) is 6.20 Å². The molecule has 0 aliphatic carbocycles. The van der Waals surface area contributed by atoms with Gasteiger partial charge in [-0.1, -0.05) is 12.2 Å². The van der Waals surface area contributed by atoms with E-state index in [0.29, 0.717) is 28.4 Å². The highest BCUT2D eigenvalue weighted by Gasteiger charge is 2.32. The highest BCUT2D eigenvalue weighted by atomic mass is 79.9. The van der Waals surface area contributed by atoms with Gasteiger partial charge in [-0.3, -0.25) is 4.90 Å². The summed E-state index contributed by atoms with van der Waals surface area (Å²) in [7, 11) is 0. The molecule has 0 aromatic carbocycles. The summed E-state index contributed by atoms with van der Waals surface area (Å²) in [6.45, 7) is 7.01. The number of hydrogen-bond acceptors (Lipinski definition) is 4. The zero-order valence-electron chi connectivity index (χ0n) is 11.6. The fourth-order valence-electron chi connectivity index (χ4n) is 2.27. The van der Waals surface area contributed by atoms with E-state index in [2.05, 4.69) is 25.8 Å². The molecule has 2 rings (SSSR count). The molecule has 0 saturated carbocycles. The van der Waals surface area contributed by atoms with Crippen LogP contribution in [-0.4, -0.2) is 46.6 Å². The lowest BCUT2D eigenvalue weighted by atomic mass is 10.0. The molecule has 1 fully saturated rings. The van der Waals surface area contributed by atoms with Gasteiger partial charge in [-0.05, 0) is 35.8 Å². The number of aromatic nitrogens is 1.